The molecule has 1 saturated carbocycles. The van der Waals surface area contributed by atoms with Crippen LogP contribution in [0.5, 0.6) is 0 Å². The number of nitrogens with zero attached hydrogens (tertiary/aromatic N) is 3. The van der Waals surface area contributed by atoms with Crippen LogP contribution in [-0.2, 0) is 0 Å². The summed E-state index contributed by atoms with van der Waals surface area (Å²) in [5.41, 5.74) is 0. The Hall–Kier alpha value is -1.10. The van der Waals surface area contributed by atoms with E-state index in [1.165, 1.54) is 0 Å². The molecule has 0 aromatic carbocycles. The SMILES string of the molecule is CCN(CC)c1noc(C2CCCCC2O)n1. The lowest BCUT2D eigenvalue weighted by molar-refractivity contribution is 0.0908. The Labute approximate surface area is 102 Å². The monoisotopic (exact) mass is 239 g/mol. The van der Waals surface area contributed by atoms with Crippen LogP contribution in [0.1, 0.15) is 51.3 Å². The number of aliphatic hydroxyl groups excluding tert-OH is 1. The molecule has 0 saturated heterocycles. The number of aromatic nitrogens is 2. The summed E-state index contributed by atoms with van der Waals surface area (Å²) in [5, 5.41) is 13.9. The molecule has 5 heteroatoms. The molecule has 2 atom stereocenters. The van der Waals surface area contributed by atoms with Gasteiger partial charge in [-0.15, -0.1) is 0 Å². The van der Waals surface area contributed by atoms with Gasteiger partial charge in [0.25, 0.3) is 5.95 Å². The Kier molecular flexibility index (Phi) is 3.99. The second-order valence-electron chi connectivity index (χ2n) is 4.56. The van der Waals surface area contributed by atoms with Gasteiger partial charge in [-0.05, 0) is 31.8 Å². The van der Waals surface area contributed by atoms with Gasteiger partial charge in [-0.2, -0.15) is 4.98 Å². The maximum atomic E-state index is 9.94. The van der Waals surface area contributed by atoms with Crippen LogP contribution in [0.2, 0.25) is 0 Å². The zero-order chi connectivity index (χ0) is 12.3. The zero-order valence-corrected chi connectivity index (χ0v) is 10.6. The highest BCUT2D eigenvalue weighted by Crippen LogP contribution is 2.32. The van der Waals surface area contributed by atoms with Crippen molar-refractivity contribution in [2.45, 2.75) is 51.6 Å². The fourth-order valence-corrected chi connectivity index (χ4v) is 2.41. The number of hydrogen-bond acceptors (Lipinski definition) is 5. The molecule has 0 bridgehead atoms. The molecule has 0 aliphatic heterocycles. The molecule has 2 rings (SSSR count). The molecule has 1 aromatic rings. The second kappa shape index (κ2) is 5.49. The van der Waals surface area contributed by atoms with E-state index in [9.17, 15) is 5.11 Å². The van der Waals surface area contributed by atoms with Gasteiger partial charge in [0, 0.05) is 13.1 Å². The first kappa shape index (κ1) is 12.4. The highest BCUT2D eigenvalue weighted by molar-refractivity contribution is 5.27. The minimum Gasteiger partial charge on any atom is -0.392 e. The van der Waals surface area contributed by atoms with Gasteiger partial charge in [-0.25, -0.2) is 0 Å². The number of rotatable bonds is 4. The smallest absolute Gasteiger partial charge is 0.266 e. The molecule has 1 aromatic heterocycles. The van der Waals surface area contributed by atoms with Crippen molar-refractivity contribution in [3.63, 3.8) is 0 Å². The summed E-state index contributed by atoms with van der Waals surface area (Å²) in [5.74, 6) is 1.27. The summed E-state index contributed by atoms with van der Waals surface area (Å²) in [6.07, 6.45) is 3.68. The molecule has 2 unspecified atom stereocenters. The summed E-state index contributed by atoms with van der Waals surface area (Å²) >= 11 is 0. The van der Waals surface area contributed by atoms with E-state index in [0.717, 1.165) is 38.8 Å². The Bertz CT molecular complexity index is 349. The standard InChI is InChI=1S/C12H21N3O2/c1-3-15(4-2)12-13-11(17-14-12)9-7-5-6-8-10(9)16/h9-10,16H,3-8H2,1-2H3. The van der Waals surface area contributed by atoms with Crippen molar-refractivity contribution in [3.05, 3.63) is 5.89 Å². The summed E-state index contributed by atoms with van der Waals surface area (Å²) < 4.78 is 5.30. The van der Waals surface area contributed by atoms with Crippen LogP contribution in [0.3, 0.4) is 0 Å². The van der Waals surface area contributed by atoms with Crippen LogP contribution in [0.25, 0.3) is 0 Å². The number of anilines is 1. The highest BCUT2D eigenvalue weighted by Gasteiger charge is 2.29. The van der Waals surface area contributed by atoms with Crippen molar-refractivity contribution in [2.24, 2.45) is 0 Å². The first-order valence-corrected chi connectivity index (χ1v) is 6.52. The summed E-state index contributed by atoms with van der Waals surface area (Å²) in [7, 11) is 0. The summed E-state index contributed by atoms with van der Waals surface area (Å²) in [4.78, 5) is 6.46. The van der Waals surface area contributed by atoms with Crippen LogP contribution in [0.4, 0.5) is 5.95 Å². The molecular formula is C12H21N3O2. The van der Waals surface area contributed by atoms with Crippen LogP contribution in [-0.4, -0.2) is 34.4 Å². The van der Waals surface area contributed by atoms with Gasteiger partial charge in [0.15, 0.2) is 0 Å². The largest absolute Gasteiger partial charge is 0.392 e. The fraction of sp³-hybridized carbons (Fsp3) is 0.833. The lowest BCUT2D eigenvalue weighted by Gasteiger charge is -2.24. The van der Waals surface area contributed by atoms with Crippen molar-refractivity contribution < 1.29 is 9.63 Å². The first-order valence-electron chi connectivity index (χ1n) is 6.52. The number of aliphatic hydroxyl groups is 1. The third-order valence-electron chi connectivity index (χ3n) is 3.52. The van der Waals surface area contributed by atoms with E-state index in [1.54, 1.807) is 0 Å². The molecule has 1 aliphatic carbocycles. The maximum Gasteiger partial charge on any atom is 0.266 e. The lowest BCUT2D eigenvalue weighted by atomic mass is 9.86. The Morgan fingerprint density at radius 1 is 1.29 bits per heavy atom. The third-order valence-corrected chi connectivity index (χ3v) is 3.52. The quantitative estimate of drug-likeness (QED) is 0.870. The number of hydrogen-bond donors (Lipinski definition) is 1. The summed E-state index contributed by atoms with van der Waals surface area (Å²) in [6, 6.07) is 0. The summed E-state index contributed by atoms with van der Waals surface area (Å²) in [6.45, 7) is 5.86. The van der Waals surface area contributed by atoms with E-state index in [-0.39, 0.29) is 12.0 Å². The Morgan fingerprint density at radius 3 is 2.65 bits per heavy atom. The van der Waals surface area contributed by atoms with Gasteiger partial charge in [0.1, 0.15) is 0 Å². The molecule has 1 heterocycles. The van der Waals surface area contributed by atoms with Crippen LogP contribution < -0.4 is 4.90 Å². The van der Waals surface area contributed by atoms with E-state index < -0.39 is 0 Å². The Morgan fingerprint density at radius 2 is 2.00 bits per heavy atom. The van der Waals surface area contributed by atoms with Crippen molar-refractivity contribution in [3.8, 4) is 0 Å². The average Bonchev–Trinajstić information content (AvgIpc) is 2.81. The van der Waals surface area contributed by atoms with Crippen LogP contribution in [0.15, 0.2) is 4.52 Å². The molecule has 1 fully saturated rings. The van der Waals surface area contributed by atoms with Crippen LogP contribution >= 0.6 is 0 Å². The highest BCUT2D eigenvalue weighted by atomic mass is 16.5. The van der Waals surface area contributed by atoms with E-state index in [4.69, 9.17) is 4.52 Å². The van der Waals surface area contributed by atoms with E-state index >= 15 is 0 Å². The molecule has 0 amide bonds. The van der Waals surface area contributed by atoms with Gasteiger partial charge in [-0.1, -0.05) is 12.8 Å². The average molecular weight is 239 g/mol. The van der Waals surface area contributed by atoms with Gasteiger partial charge in [0.2, 0.25) is 5.89 Å². The van der Waals surface area contributed by atoms with E-state index in [2.05, 4.69) is 24.0 Å². The normalized spacial score (nSPS) is 24.9. The minimum absolute atomic E-state index is 0.0283. The third kappa shape index (κ3) is 2.60. The van der Waals surface area contributed by atoms with E-state index in [0.29, 0.717) is 11.8 Å². The minimum atomic E-state index is -0.325. The topological polar surface area (TPSA) is 62.4 Å². The van der Waals surface area contributed by atoms with E-state index in [1.807, 2.05) is 4.90 Å². The lowest BCUT2D eigenvalue weighted by Crippen LogP contribution is -2.24. The van der Waals surface area contributed by atoms with Crippen molar-refractivity contribution in [1.29, 1.82) is 0 Å². The van der Waals surface area contributed by atoms with Crippen molar-refractivity contribution in [2.75, 3.05) is 18.0 Å². The van der Waals surface area contributed by atoms with Gasteiger partial charge >= 0.3 is 0 Å². The van der Waals surface area contributed by atoms with Crippen LogP contribution in [0, 0.1) is 0 Å². The molecule has 96 valence electrons. The molecule has 5 nitrogen and oxygen atoms in total. The Balaban J connectivity index is 2.11. The van der Waals surface area contributed by atoms with Crippen molar-refractivity contribution >= 4 is 5.95 Å². The molecule has 0 spiro atoms. The maximum absolute atomic E-state index is 9.94. The fourth-order valence-electron chi connectivity index (χ4n) is 2.41. The van der Waals surface area contributed by atoms with Gasteiger partial charge in [-0.3, -0.25) is 0 Å². The molecule has 1 aliphatic rings. The molecule has 17 heavy (non-hydrogen) atoms. The second-order valence-corrected chi connectivity index (χ2v) is 4.56. The predicted octanol–water partition coefficient (Wildman–Crippen LogP) is 1.93. The molecular weight excluding hydrogens is 218 g/mol. The zero-order valence-electron chi connectivity index (χ0n) is 10.6. The molecule has 1 N–H and O–H groups in total. The first-order chi connectivity index (χ1) is 8.26. The van der Waals surface area contributed by atoms with Crippen molar-refractivity contribution in [1.82, 2.24) is 10.1 Å². The van der Waals surface area contributed by atoms with Gasteiger partial charge in [0.05, 0.1) is 12.0 Å². The predicted molar refractivity (Wildman–Crippen MR) is 65.1 cm³/mol. The van der Waals surface area contributed by atoms with Gasteiger partial charge < -0.3 is 14.5 Å². The molecule has 0 radical (unpaired) electrons.